The molecule has 0 aliphatic carbocycles. The first-order valence-electron chi connectivity index (χ1n) is 12.2. The van der Waals surface area contributed by atoms with Crippen LogP contribution in [0.1, 0.15) is 89.7 Å². The van der Waals surface area contributed by atoms with Crippen molar-refractivity contribution in [1.82, 2.24) is 5.32 Å². The van der Waals surface area contributed by atoms with E-state index < -0.39 is 5.97 Å². The Kier molecular flexibility index (Phi) is 10.3. The standard InChI is InChI=1S/C28H41NO4S/c1-8-20(22-10-9-21(18(2)15-22)12-14-24(30)28(4,5)6)11-13-23-16-19(3)26(34-23)27(32)29-17-25(31)33-7/h9-10,15-16,20,24,30H,8,11-14,17H2,1-7H3,(H,29,32). The summed E-state index contributed by atoms with van der Waals surface area (Å²) in [5, 5.41) is 13.0. The van der Waals surface area contributed by atoms with Crippen LogP contribution in [0.2, 0.25) is 0 Å². The average Bonchev–Trinajstić information content (AvgIpc) is 3.16. The molecule has 0 aliphatic rings. The molecule has 6 heteroatoms. The molecular formula is C28H41NO4S. The van der Waals surface area contributed by atoms with Gasteiger partial charge in [-0.1, -0.05) is 45.9 Å². The number of aliphatic hydroxyl groups is 1. The largest absolute Gasteiger partial charge is 0.468 e. The summed E-state index contributed by atoms with van der Waals surface area (Å²) in [7, 11) is 1.31. The minimum absolute atomic E-state index is 0.0941. The van der Waals surface area contributed by atoms with Gasteiger partial charge >= 0.3 is 5.97 Å². The lowest BCUT2D eigenvalue weighted by molar-refractivity contribution is -0.139. The van der Waals surface area contributed by atoms with Crippen molar-refractivity contribution in [2.45, 2.75) is 85.7 Å². The zero-order valence-electron chi connectivity index (χ0n) is 21.8. The smallest absolute Gasteiger partial charge is 0.325 e. The van der Waals surface area contributed by atoms with Gasteiger partial charge in [0.15, 0.2) is 0 Å². The van der Waals surface area contributed by atoms with Gasteiger partial charge in [0.2, 0.25) is 0 Å². The SMILES string of the molecule is CCC(CCc1cc(C)c(C(=O)NCC(=O)OC)s1)c1ccc(CCC(O)C(C)(C)C)c(C)c1. The molecule has 2 aromatic rings. The fourth-order valence-electron chi connectivity index (χ4n) is 4.10. The topological polar surface area (TPSA) is 75.6 Å². The first-order chi connectivity index (χ1) is 16.0. The molecule has 2 rings (SSSR count). The second-order valence-corrected chi connectivity index (χ2v) is 11.4. The Labute approximate surface area is 208 Å². The van der Waals surface area contributed by atoms with Crippen molar-refractivity contribution >= 4 is 23.2 Å². The zero-order valence-corrected chi connectivity index (χ0v) is 22.6. The van der Waals surface area contributed by atoms with E-state index in [4.69, 9.17) is 0 Å². The van der Waals surface area contributed by atoms with E-state index in [1.807, 2.05) is 6.92 Å². The number of nitrogens with one attached hydrogen (secondary N) is 1. The van der Waals surface area contributed by atoms with E-state index in [9.17, 15) is 14.7 Å². The van der Waals surface area contributed by atoms with Crippen LogP contribution in [0.5, 0.6) is 0 Å². The number of ether oxygens (including phenoxy) is 1. The molecule has 0 aliphatic heterocycles. The van der Waals surface area contributed by atoms with E-state index in [1.165, 1.54) is 40.0 Å². The van der Waals surface area contributed by atoms with Crippen molar-refractivity contribution in [1.29, 1.82) is 0 Å². The molecule has 0 saturated heterocycles. The number of esters is 1. The van der Waals surface area contributed by atoms with Crippen LogP contribution < -0.4 is 5.32 Å². The maximum absolute atomic E-state index is 12.4. The Bertz CT molecular complexity index is 973. The van der Waals surface area contributed by atoms with Gasteiger partial charge in [0.05, 0.1) is 18.1 Å². The molecule has 2 N–H and O–H groups in total. The lowest BCUT2D eigenvalue weighted by atomic mass is 9.84. The molecule has 5 nitrogen and oxygen atoms in total. The molecule has 0 bridgehead atoms. The van der Waals surface area contributed by atoms with E-state index in [0.717, 1.165) is 37.7 Å². The van der Waals surface area contributed by atoms with Crippen molar-refractivity contribution in [3.63, 3.8) is 0 Å². The zero-order chi connectivity index (χ0) is 25.5. The maximum Gasteiger partial charge on any atom is 0.325 e. The van der Waals surface area contributed by atoms with Gasteiger partial charge in [-0.3, -0.25) is 9.59 Å². The summed E-state index contributed by atoms with van der Waals surface area (Å²) in [4.78, 5) is 25.5. The summed E-state index contributed by atoms with van der Waals surface area (Å²) in [6.45, 7) is 12.4. The number of thiophene rings is 1. The van der Waals surface area contributed by atoms with Crippen molar-refractivity contribution in [3.8, 4) is 0 Å². The van der Waals surface area contributed by atoms with Gasteiger partial charge < -0.3 is 15.2 Å². The van der Waals surface area contributed by atoms with Gasteiger partial charge in [-0.25, -0.2) is 0 Å². The average molecular weight is 488 g/mol. The summed E-state index contributed by atoms with van der Waals surface area (Å²) < 4.78 is 4.58. The number of hydrogen-bond donors (Lipinski definition) is 2. The number of carbonyl (C=O) groups excluding carboxylic acids is 2. The first-order valence-corrected chi connectivity index (χ1v) is 13.0. The van der Waals surface area contributed by atoms with E-state index >= 15 is 0 Å². The van der Waals surface area contributed by atoms with Gasteiger partial charge in [-0.15, -0.1) is 11.3 Å². The normalized spacial score (nSPS) is 13.4. The summed E-state index contributed by atoms with van der Waals surface area (Å²) >= 11 is 1.50. The van der Waals surface area contributed by atoms with E-state index in [0.29, 0.717) is 10.8 Å². The molecule has 188 valence electrons. The van der Waals surface area contributed by atoms with Crippen LogP contribution in [0.3, 0.4) is 0 Å². The monoisotopic (exact) mass is 487 g/mol. The summed E-state index contributed by atoms with van der Waals surface area (Å²) in [5.74, 6) is -0.235. The number of hydrogen-bond acceptors (Lipinski definition) is 5. The minimum atomic E-state index is -0.458. The van der Waals surface area contributed by atoms with E-state index in [-0.39, 0.29) is 24.0 Å². The Morgan fingerprint density at radius 3 is 2.38 bits per heavy atom. The minimum Gasteiger partial charge on any atom is -0.468 e. The molecule has 1 heterocycles. The van der Waals surface area contributed by atoms with Gasteiger partial charge in [-0.05, 0) is 85.6 Å². The van der Waals surface area contributed by atoms with E-state index in [1.54, 1.807) is 0 Å². The number of rotatable bonds is 11. The molecule has 0 fully saturated rings. The molecule has 1 aromatic carbocycles. The number of carbonyl (C=O) groups is 2. The lowest BCUT2D eigenvalue weighted by Crippen LogP contribution is -2.29. The van der Waals surface area contributed by atoms with Crippen LogP contribution in [0.4, 0.5) is 0 Å². The van der Waals surface area contributed by atoms with Crippen molar-refractivity contribution in [3.05, 3.63) is 56.3 Å². The predicted octanol–water partition coefficient (Wildman–Crippen LogP) is 5.73. The van der Waals surface area contributed by atoms with Crippen molar-refractivity contribution < 1.29 is 19.4 Å². The molecule has 0 radical (unpaired) electrons. The highest BCUT2D eigenvalue weighted by molar-refractivity contribution is 7.14. The Hall–Kier alpha value is -2.18. The maximum atomic E-state index is 12.4. The fourth-order valence-corrected chi connectivity index (χ4v) is 5.21. The molecule has 34 heavy (non-hydrogen) atoms. The van der Waals surface area contributed by atoms with Crippen LogP contribution in [-0.4, -0.2) is 36.7 Å². The van der Waals surface area contributed by atoms with Crippen LogP contribution >= 0.6 is 11.3 Å². The molecule has 0 spiro atoms. The molecule has 1 amide bonds. The molecule has 1 aromatic heterocycles. The first kappa shape index (κ1) is 28.1. The van der Waals surface area contributed by atoms with Gasteiger partial charge in [0.1, 0.15) is 6.54 Å². The van der Waals surface area contributed by atoms with Crippen LogP contribution in [-0.2, 0) is 22.4 Å². The van der Waals surface area contributed by atoms with E-state index in [2.05, 4.69) is 68.9 Å². The molecular weight excluding hydrogens is 446 g/mol. The summed E-state index contributed by atoms with van der Waals surface area (Å²) in [5.41, 5.74) is 4.79. The van der Waals surface area contributed by atoms with Crippen LogP contribution in [0.25, 0.3) is 0 Å². The van der Waals surface area contributed by atoms with Gasteiger partial charge in [0, 0.05) is 4.88 Å². The van der Waals surface area contributed by atoms with Crippen molar-refractivity contribution in [2.75, 3.05) is 13.7 Å². The van der Waals surface area contributed by atoms with Crippen LogP contribution in [0.15, 0.2) is 24.3 Å². The predicted molar refractivity (Wildman–Crippen MR) is 140 cm³/mol. The third kappa shape index (κ3) is 7.95. The quantitative estimate of drug-likeness (QED) is 0.397. The highest BCUT2D eigenvalue weighted by atomic mass is 32.1. The summed E-state index contributed by atoms with van der Waals surface area (Å²) in [6.07, 6.45) is 4.33. The molecule has 2 atom stereocenters. The van der Waals surface area contributed by atoms with Gasteiger partial charge in [-0.2, -0.15) is 0 Å². The fraction of sp³-hybridized carbons (Fsp3) is 0.571. The number of aryl methyl sites for hydroxylation is 4. The molecule has 0 saturated carbocycles. The molecule has 2 unspecified atom stereocenters. The number of methoxy groups -OCH3 is 1. The number of aliphatic hydroxyl groups excluding tert-OH is 1. The number of benzene rings is 1. The highest BCUT2D eigenvalue weighted by Crippen LogP contribution is 2.31. The number of amides is 1. The third-order valence-corrected chi connectivity index (χ3v) is 7.85. The highest BCUT2D eigenvalue weighted by Gasteiger charge is 2.22. The van der Waals surface area contributed by atoms with Gasteiger partial charge in [0.25, 0.3) is 5.91 Å². The second-order valence-electron chi connectivity index (χ2n) is 10.2. The van der Waals surface area contributed by atoms with Crippen molar-refractivity contribution in [2.24, 2.45) is 5.41 Å². The second kappa shape index (κ2) is 12.5. The van der Waals surface area contributed by atoms with Crippen LogP contribution in [0, 0.1) is 19.3 Å². The summed E-state index contributed by atoms with van der Waals surface area (Å²) in [6, 6.07) is 8.85. The Morgan fingerprint density at radius 2 is 1.79 bits per heavy atom. The Morgan fingerprint density at radius 1 is 1.09 bits per heavy atom. The lowest BCUT2D eigenvalue weighted by Gasteiger charge is -2.26. The Balaban J connectivity index is 2.00. The third-order valence-electron chi connectivity index (χ3n) is 6.55.